The first kappa shape index (κ1) is 12.9. The SMILES string of the molecule is CC1NCc2ccccc2N(Cc2ccn(C)n2)C1=O. The Morgan fingerprint density at radius 3 is 2.90 bits per heavy atom. The van der Waals surface area contributed by atoms with Gasteiger partial charge in [-0.15, -0.1) is 0 Å². The molecule has 0 aliphatic carbocycles. The van der Waals surface area contributed by atoms with E-state index in [2.05, 4.69) is 16.5 Å². The fourth-order valence-electron chi connectivity index (χ4n) is 2.50. The van der Waals surface area contributed by atoms with Gasteiger partial charge in [0, 0.05) is 25.5 Å². The van der Waals surface area contributed by atoms with Crippen molar-refractivity contribution in [1.29, 1.82) is 0 Å². The van der Waals surface area contributed by atoms with E-state index in [0.29, 0.717) is 13.1 Å². The van der Waals surface area contributed by atoms with E-state index in [1.807, 2.05) is 49.3 Å². The van der Waals surface area contributed by atoms with Crippen LogP contribution in [0.15, 0.2) is 36.5 Å². The minimum atomic E-state index is -0.189. The summed E-state index contributed by atoms with van der Waals surface area (Å²) in [5.41, 5.74) is 3.01. The number of nitrogens with one attached hydrogen (secondary N) is 1. The van der Waals surface area contributed by atoms with E-state index < -0.39 is 0 Å². The van der Waals surface area contributed by atoms with E-state index >= 15 is 0 Å². The Kier molecular flexibility index (Phi) is 3.28. The maximum absolute atomic E-state index is 12.5. The summed E-state index contributed by atoms with van der Waals surface area (Å²) in [6.07, 6.45) is 1.89. The molecule has 1 aromatic carbocycles. The molecule has 1 unspecified atom stereocenters. The van der Waals surface area contributed by atoms with Crippen LogP contribution >= 0.6 is 0 Å². The second-order valence-electron chi connectivity index (χ2n) is 5.14. The van der Waals surface area contributed by atoms with Gasteiger partial charge in [-0.05, 0) is 24.6 Å². The molecule has 1 aromatic heterocycles. The van der Waals surface area contributed by atoms with E-state index in [4.69, 9.17) is 0 Å². The molecule has 5 heteroatoms. The molecule has 0 bridgehead atoms. The van der Waals surface area contributed by atoms with Crippen molar-refractivity contribution in [2.45, 2.75) is 26.1 Å². The van der Waals surface area contributed by atoms with Crippen molar-refractivity contribution < 1.29 is 4.79 Å². The zero-order valence-electron chi connectivity index (χ0n) is 11.7. The Morgan fingerprint density at radius 1 is 1.35 bits per heavy atom. The molecule has 1 N–H and O–H groups in total. The van der Waals surface area contributed by atoms with Crippen molar-refractivity contribution in [3.63, 3.8) is 0 Å². The topological polar surface area (TPSA) is 50.2 Å². The Hall–Kier alpha value is -2.14. The summed E-state index contributed by atoms with van der Waals surface area (Å²) >= 11 is 0. The molecule has 0 radical (unpaired) electrons. The van der Waals surface area contributed by atoms with Crippen molar-refractivity contribution in [3.05, 3.63) is 47.8 Å². The lowest BCUT2D eigenvalue weighted by Crippen LogP contribution is -2.42. The molecule has 2 aromatic rings. The second kappa shape index (κ2) is 5.09. The number of carbonyl (C=O) groups is 1. The van der Waals surface area contributed by atoms with E-state index in [0.717, 1.165) is 16.9 Å². The molecular formula is C15H18N4O. The first-order chi connectivity index (χ1) is 9.65. The lowest BCUT2D eigenvalue weighted by Gasteiger charge is -2.23. The number of hydrogen-bond donors (Lipinski definition) is 1. The van der Waals surface area contributed by atoms with Crippen LogP contribution in [0, 0.1) is 0 Å². The van der Waals surface area contributed by atoms with Crippen LogP contribution in [-0.2, 0) is 24.9 Å². The van der Waals surface area contributed by atoms with Gasteiger partial charge in [-0.2, -0.15) is 5.10 Å². The minimum absolute atomic E-state index is 0.0839. The Bertz CT molecular complexity index is 634. The maximum Gasteiger partial charge on any atom is 0.244 e. The molecule has 1 aliphatic rings. The molecule has 2 heterocycles. The van der Waals surface area contributed by atoms with Crippen LogP contribution in [-0.4, -0.2) is 21.7 Å². The quantitative estimate of drug-likeness (QED) is 0.898. The molecular weight excluding hydrogens is 252 g/mol. The summed E-state index contributed by atoms with van der Waals surface area (Å²) in [7, 11) is 1.88. The number of carbonyl (C=O) groups excluding carboxylic acids is 1. The van der Waals surface area contributed by atoms with Gasteiger partial charge in [-0.3, -0.25) is 9.48 Å². The normalized spacial score (nSPS) is 18.8. The zero-order chi connectivity index (χ0) is 14.1. The van der Waals surface area contributed by atoms with Crippen LogP contribution in [0.4, 0.5) is 5.69 Å². The highest BCUT2D eigenvalue weighted by Crippen LogP contribution is 2.25. The summed E-state index contributed by atoms with van der Waals surface area (Å²) < 4.78 is 1.76. The fourth-order valence-corrected chi connectivity index (χ4v) is 2.50. The third kappa shape index (κ3) is 2.32. The summed E-state index contributed by atoms with van der Waals surface area (Å²) in [5, 5.41) is 7.62. The van der Waals surface area contributed by atoms with Gasteiger partial charge in [0.15, 0.2) is 0 Å². The number of para-hydroxylation sites is 1. The molecule has 20 heavy (non-hydrogen) atoms. The molecule has 0 saturated carbocycles. The van der Waals surface area contributed by atoms with Crippen LogP contribution in [0.2, 0.25) is 0 Å². The Morgan fingerprint density at radius 2 is 2.15 bits per heavy atom. The predicted molar refractivity (Wildman–Crippen MR) is 77.1 cm³/mol. The number of anilines is 1. The van der Waals surface area contributed by atoms with Crippen molar-refractivity contribution in [2.75, 3.05) is 4.90 Å². The summed E-state index contributed by atoms with van der Waals surface area (Å²) in [6, 6.07) is 9.77. The van der Waals surface area contributed by atoms with Gasteiger partial charge >= 0.3 is 0 Å². The van der Waals surface area contributed by atoms with Gasteiger partial charge < -0.3 is 10.2 Å². The molecule has 3 rings (SSSR count). The van der Waals surface area contributed by atoms with E-state index in [1.54, 1.807) is 4.68 Å². The first-order valence-electron chi connectivity index (χ1n) is 6.76. The number of benzene rings is 1. The minimum Gasteiger partial charge on any atom is -0.305 e. The van der Waals surface area contributed by atoms with Crippen molar-refractivity contribution in [1.82, 2.24) is 15.1 Å². The van der Waals surface area contributed by atoms with Gasteiger partial charge in [0.25, 0.3) is 0 Å². The first-order valence-corrected chi connectivity index (χ1v) is 6.76. The molecule has 5 nitrogen and oxygen atoms in total. The van der Waals surface area contributed by atoms with Crippen molar-refractivity contribution in [3.8, 4) is 0 Å². The lowest BCUT2D eigenvalue weighted by atomic mass is 10.1. The number of amides is 1. The monoisotopic (exact) mass is 270 g/mol. The number of fused-ring (bicyclic) bond motifs is 1. The smallest absolute Gasteiger partial charge is 0.244 e. The van der Waals surface area contributed by atoms with Crippen molar-refractivity contribution in [2.24, 2.45) is 7.05 Å². The molecule has 1 aliphatic heterocycles. The molecule has 0 saturated heterocycles. The van der Waals surface area contributed by atoms with Gasteiger partial charge in [-0.1, -0.05) is 18.2 Å². The van der Waals surface area contributed by atoms with Gasteiger partial charge in [0.1, 0.15) is 0 Å². The largest absolute Gasteiger partial charge is 0.305 e. The maximum atomic E-state index is 12.5. The molecule has 0 spiro atoms. The standard InChI is InChI=1S/C15H18N4O/c1-11-15(20)19(10-13-7-8-18(2)17-13)14-6-4-3-5-12(14)9-16-11/h3-8,11,16H,9-10H2,1-2H3. The van der Waals surface area contributed by atoms with Gasteiger partial charge in [0.05, 0.1) is 18.3 Å². The molecule has 1 amide bonds. The van der Waals surface area contributed by atoms with Crippen LogP contribution < -0.4 is 10.2 Å². The Labute approximate surface area is 118 Å². The number of aryl methyl sites for hydroxylation is 1. The second-order valence-corrected chi connectivity index (χ2v) is 5.14. The average molecular weight is 270 g/mol. The van der Waals surface area contributed by atoms with Gasteiger partial charge in [0.2, 0.25) is 5.91 Å². The molecule has 104 valence electrons. The zero-order valence-corrected chi connectivity index (χ0v) is 11.7. The summed E-state index contributed by atoms with van der Waals surface area (Å²) in [4.78, 5) is 14.4. The molecule has 1 atom stereocenters. The summed E-state index contributed by atoms with van der Waals surface area (Å²) in [6.45, 7) is 3.12. The number of hydrogen-bond acceptors (Lipinski definition) is 3. The highest BCUT2D eigenvalue weighted by molar-refractivity contribution is 5.98. The predicted octanol–water partition coefficient (Wildman–Crippen LogP) is 1.45. The van der Waals surface area contributed by atoms with Crippen LogP contribution in [0.25, 0.3) is 0 Å². The van der Waals surface area contributed by atoms with E-state index in [9.17, 15) is 4.79 Å². The molecule has 0 fully saturated rings. The average Bonchev–Trinajstić information content (AvgIpc) is 2.82. The lowest BCUT2D eigenvalue weighted by molar-refractivity contribution is -0.120. The van der Waals surface area contributed by atoms with Crippen LogP contribution in [0.1, 0.15) is 18.2 Å². The van der Waals surface area contributed by atoms with Crippen LogP contribution in [0.3, 0.4) is 0 Å². The highest BCUT2D eigenvalue weighted by atomic mass is 16.2. The van der Waals surface area contributed by atoms with E-state index in [1.165, 1.54) is 0 Å². The fraction of sp³-hybridized carbons (Fsp3) is 0.333. The van der Waals surface area contributed by atoms with Crippen LogP contribution in [0.5, 0.6) is 0 Å². The Balaban J connectivity index is 1.98. The summed E-state index contributed by atoms with van der Waals surface area (Å²) in [5.74, 6) is 0.0839. The third-order valence-electron chi connectivity index (χ3n) is 3.61. The number of nitrogens with zero attached hydrogens (tertiary/aromatic N) is 3. The van der Waals surface area contributed by atoms with Crippen molar-refractivity contribution >= 4 is 11.6 Å². The van der Waals surface area contributed by atoms with Gasteiger partial charge in [-0.25, -0.2) is 0 Å². The van der Waals surface area contributed by atoms with E-state index in [-0.39, 0.29) is 11.9 Å². The third-order valence-corrected chi connectivity index (χ3v) is 3.61. The highest BCUT2D eigenvalue weighted by Gasteiger charge is 2.27. The number of rotatable bonds is 2. The number of aromatic nitrogens is 2.